The molecule has 0 fully saturated rings. The van der Waals surface area contributed by atoms with Crippen molar-refractivity contribution in [2.45, 2.75) is 30.1 Å². The van der Waals surface area contributed by atoms with Crippen LogP contribution in [0.3, 0.4) is 0 Å². The summed E-state index contributed by atoms with van der Waals surface area (Å²) in [6.45, 7) is 12.3. The summed E-state index contributed by atoms with van der Waals surface area (Å²) in [5, 5.41) is 0. The van der Waals surface area contributed by atoms with Gasteiger partial charge in [-0.3, -0.25) is 0 Å². The van der Waals surface area contributed by atoms with E-state index in [4.69, 9.17) is 9.47 Å². The van der Waals surface area contributed by atoms with Crippen molar-refractivity contribution in [1.82, 2.24) is 0 Å². The van der Waals surface area contributed by atoms with Crippen molar-refractivity contribution in [2.24, 2.45) is 0 Å². The minimum atomic E-state index is -1.40. The average molecular weight is 1150 g/mol. The van der Waals surface area contributed by atoms with E-state index in [1.807, 2.05) is 146 Å². The number of halogens is 4. The predicted molar refractivity (Wildman–Crippen MR) is 346 cm³/mol. The van der Waals surface area contributed by atoms with Crippen LogP contribution in [0.25, 0.3) is 45.5 Å². The molecule has 12 aromatic rings. The van der Waals surface area contributed by atoms with Gasteiger partial charge in [-0.1, -0.05) is 179 Å². The molecule has 0 spiro atoms. The van der Waals surface area contributed by atoms with Crippen molar-refractivity contribution in [1.29, 1.82) is 0 Å². The van der Waals surface area contributed by atoms with E-state index in [0.717, 1.165) is 84.6 Å². The maximum atomic E-state index is 17.4. The minimum absolute atomic E-state index is 0.146. The minimum Gasteiger partial charge on any atom is -0.457 e. The Morgan fingerprint density at radius 1 is 0.318 bits per heavy atom. The van der Waals surface area contributed by atoms with Crippen LogP contribution in [0, 0.1) is 23.3 Å². The second-order valence-corrected chi connectivity index (χ2v) is 23.3. The van der Waals surface area contributed by atoms with Crippen molar-refractivity contribution in [3.63, 3.8) is 0 Å². The zero-order valence-electron chi connectivity index (χ0n) is 48.2. The molecule has 2 atom stereocenters. The van der Waals surface area contributed by atoms with E-state index in [0.29, 0.717) is 45.5 Å². The summed E-state index contributed by atoms with van der Waals surface area (Å²) in [4.78, 5) is 2.20. The second kappa shape index (κ2) is 20.7. The smallest absolute Gasteiger partial charge is 0.128 e. The third kappa shape index (κ3) is 8.32. The van der Waals surface area contributed by atoms with Gasteiger partial charge in [-0.2, -0.15) is 0 Å². The number of benzene rings is 12. The Morgan fingerprint density at radius 3 is 1.05 bits per heavy atom. The highest BCUT2D eigenvalue weighted by molar-refractivity contribution is 5.93. The van der Waals surface area contributed by atoms with E-state index in [2.05, 4.69) is 111 Å². The molecule has 3 nitrogen and oxygen atoms in total. The molecule has 0 aliphatic heterocycles. The summed E-state index contributed by atoms with van der Waals surface area (Å²) < 4.78 is 79.9. The van der Waals surface area contributed by atoms with Crippen LogP contribution in [0.2, 0.25) is 0 Å². The van der Waals surface area contributed by atoms with Crippen LogP contribution < -0.4 is 14.4 Å². The van der Waals surface area contributed by atoms with Crippen LogP contribution in [0.4, 0.5) is 34.6 Å². The largest absolute Gasteiger partial charge is 0.457 e. The lowest BCUT2D eigenvalue weighted by molar-refractivity contribution is 0.481. The summed E-state index contributed by atoms with van der Waals surface area (Å²) >= 11 is 0. The zero-order valence-corrected chi connectivity index (χ0v) is 48.2. The van der Waals surface area contributed by atoms with E-state index in [-0.39, 0.29) is 11.1 Å². The van der Waals surface area contributed by atoms with Gasteiger partial charge in [0, 0.05) is 33.6 Å². The summed E-state index contributed by atoms with van der Waals surface area (Å²) in [5.41, 5.74) is 13.7. The summed E-state index contributed by atoms with van der Waals surface area (Å²) in [6, 6.07) is 81.4. The molecule has 2 unspecified atom stereocenters. The molecule has 0 N–H and O–H groups in total. The van der Waals surface area contributed by atoms with Crippen LogP contribution in [-0.2, 0) is 16.2 Å². The van der Waals surface area contributed by atoms with Crippen molar-refractivity contribution in [3.8, 4) is 56.4 Å². The van der Waals surface area contributed by atoms with E-state index in [1.54, 1.807) is 12.2 Å². The van der Waals surface area contributed by atoms with Crippen LogP contribution in [0.15, 0.2) is 274 Å². The third-order valence-electron chi connectivity index (χ3n) is 18.3. The Kier molecular flexibility index (Phi) is 12.7. The van der Waals surface area contributed by atoms with Crippen molar-refractivity contribution >= 4 is 29.2 Å². The first-order valence-electron chi connectivity index (χ1n) is 29.3. The maximum absolute atomic E-state index is 17.4. The van der Waals surface area contributed by atoms with Crippen molar-refractivity contribution < 1.29 is 27.0 Å². The van der Waals surface area contributed by atoms with Crippen LogP contribution >= 0.6 is 0 Å². The molecular weight excluding hydrogens is 1090 g/mol. The van der Waals surface area contributed by atoms with Crippen LogP contribution in [0.1, 0.15) is 80.6 Å². The number of ether oxygens (including phenoxy) is 2. The number of hydrogen-bond donors (Lipinski definition) is 0. The van der Waals surface area contributed by atoms with Crippen LogP contribution in [0.5, 0.6) is 23.0 Å². The van der Waals surface area contributed by atoms with Gasteiger partial charge in [0.15, 0.2) is 0 Å². The molecule has 0 amide bonds. The molecule has 15 rings (SSSR count). The van der Waals surface area contributed by atoms with Gasteiger partial charge in [-0.15, -0.1) is 0 Å². The van der Waals surface area contributed by atoms with Gasteiger partial charge >= 0.3 is 0 Å². The van der Waals surface area contributed by atoms with E-state index in [9.17, 15) is 0 Å². The monoisotopic (exact) mass is 1150 g/mol. The predicted octanol–water partition coefficient (Wildman–Crippen LogP) is 21.6. The molecule has 0 heterocycles. The standard InChI is InChI=1S/C81H55F4NO2/c1-5-50-19-32-59(33-20-50)87-61-36-23-52(24-37-61)80(75-45-54(82)27-43-77(75)84)70-17-11-8-14-64(70)67-41-30-57(48-73(67)80)86(56-29-40-66-63-13-7-10-16-69(63)79(3,4)72(66)47-56)58-31-42-68-65-15-9-12-18-71(65)81(74(68)49-58,76-46-55(83)28-44-78(76)85)53-25-38-62(39-26-53)88-60-34-21-51(6-2)22-35-60/h5-49H,1-2H2,3-4H3. The van der Waals surface area contributed by atoms with E-state index < -0.39 is 39.5 Å². The summed E-state index contributed by atoms with van der Waals surface area (Å²) in [6.07, 6.45) is 3.54. The van der Waals surface area contributed by atoms with E-state index >= 15 is 17.6 Å². The fraction of sp³-hybridized carbons (Fsp3) is 0.0617. The van der Waals surface area contributed by atoms with E-state index in [1.165, 1.54) is 35.4 Å². The normalized spacial score (nSPS) is 16.1. The van der Waals surface area contributed by atoms with Crippen molar-refractivity contribution in [2.75, 3.05) is 4.90 Å². The molecule has 88 heavy (non-hydrogen) atoms. The maximum Gasteiger partial charge on any atom is 0.128 e. The highest BCUT2D eigenvalue weighted by atomic mass is 19.1. The lowest BCUT2D eigenvalue weighted by atomic mass is 9.67. The van der Waals surface area contributed by atoms with Gasteiger partial charge in [0.05, 0.1) is 10.8 Å². The molecule has 0 saturated heterocycles. The summed E-state index contributed by atoms with van der Waals surface area (Å²) in [5.74, 6) is 0.0739. The molecule has 3 aliphatic carbocycles. The fourth-order valence-corrected chi connectivity index (χ4v) is 14.3. The average Bonchev–Trinajstić information content (AvgIpc) is 1.62. The molecule has 424 valence electrons. The topological polar surface area (TPSA) is 21.7 Å². The van der Waals surface area contributed by atoms with Crippen molar-refractivity contribution in [3.05, 3.63) is 364 Å². The van der Waals surface area contributed by atoms with Gasteiger partial charge in [0.2, 0.25) is 0 Å². The molecule has 0 saturated carbocycles. The Morgan fingerprint density at radius 2 is 0.648 bits per heavy atom. The van der Waals surface area contributed by atoms with Gasteiger partial charge in [0.1, 0.15) is 46.3 Å². The molecule has 3 aliphatic rings. The molecular formula is C81H55F4NO2. The SMILES string of the molecule is C=Cc1ccc(Oc2ccc(C3(c4cc(F)ccc4F)c4ccccc4-c4ccc(N(c5ccc6c(c5)C(C)(C)c5ccccc5-6)c5ccc6c(c5)C(c5ccc(Oc7ccc(C=C)cc7)cc5)(c5cc(F)ccc5F)c5ccccc5-6)cc43)cc2)cc1. The number of hydrogen-bond acceptors (Lipinski definition) is 3. The molecule has 7 heteroatoms. The molecule has 0 aromatic heterocycles. The third-order valence-corrected chi connectivity index (χ3v) is 18.3. The lowest BCUT2D eigenvalue weighted by Crippen LogP contribution is -2.30. The van der Waals surface area contributed by atoms with Gasteiger partial charge in [0.25, 0.3) is 0 Å². The number of rotatable bonds is 13. The molecule has 0 radical (unpaired) electrons. The lowest BCUT2D eigenvalue weighted by Gasteiger charge is -2.36. The number of nitrogens with zero attached hydrogens (tertiary/aromatic N) is 1. The Bertz CT molecular complexity index is 4550. The van der Waals surface area contributed by atoms with Gasteiger partial charge in [-0.25, -0.2) is 17.6 Å². The first kappa shape index (κ1) is 53.9. The van der Waals surface area contributed by atoms with Gasteiger partial charge < -0.3 is 14.4 Å². The van der Waals surface area contributed by atoms with Gasteiger partial charge in [-0.05, 0) is 210 Å². The number of anilines is 3. The fourth-order valence-electron chi connectivity index (χ4n) is 14.3. The Hall–Kier alpha value is -10.8. The van der Waals surface area contributed by atoms with Crippen LogP contribution in [-0.4, -0.2) is 0 Å². The Labute approximate surface area is 509 Å². The highest BCUT2D eigenvalue weighted by Crippen LogP contribution is 2.61. The summed E-state index contributed by atoms with van der Waals surface area (Å²) in [7, 11) is 0. The first-order chi connectivity index (χ1) is 42.9. The second-order valence-electron chi connectivity index (χ2n) is 23.3. The molecule has 12 aromatic carbocycles. The quantitative estimate of drug-likeness (QED) is 0.107. The molecule has 0 bridgehead atoms. The first-order valence-corrected chi connectivity index (χ1v) is 29.3. The Balaban J connectivity index is 0.967. The number of fused-ring (bicyclic) bond motifs is 9. The zero-order chi connectivity index (χ0) is 60.1. The highest BCUT2D eigenvalue weighted by Gasteiger charge is 2.50.